The van der Waals surface area contributed by atoms with Crippen LogP contribution in [0.15, 0.2) is 36.9 Å². The molecule has 0 saturated carbocycles. The topological polar surface area (TPSA) is 37.8 Å². The molecule has 0 aliphatic rings. The first-order valence-corrected chi connectivity index (χ1v) is 6.54. The number of nitrogens with one attached hydrogen (secondary N) is 1. The third-order valence-electron chi connectivity index (χ3n) is 2.80. The fourth-order valence-corrected chi connectivity index (χ4v) is 2.19. The third-order valence-corrected chi connectivity index (χ3v) is 3.13. The van der Waals surface area contributed by atoms with Gasteiger partial charge in [0.1, 0.15) is 12.1 Å². The number of hydrogen-bond donors (Lipinski definition) is 1. The maximum absolute atomic E-state index is 14.0. The zero-order valence-electron chi connectivity index (χ0n) is 10.6. The molecule has 0 spiro atoms. The molecule has 0 aliphatic heterocycles. The Bertz CT molecular complexity index is 513. The van der Waals surface area contributed by atoms with Crippen molar-refractivity contribution in [1.82, 2.24) is 15.3 Å². The van der Waals surface area contributed by atoms with Gasteiger partial charge in [0.15, 0.2) is 0 Å². The summed E-state index contributed by atoms with van der Waals surface area (Å²) < 4.78 is 14.0. The van der Waals surface area contributed by atoms with Crippen molar-refractivity contribution in [3.05, 3.63) is 58.9 Å². The molecule has 1 aromatic heterocycles. The van der Waals surface area contributed by atoms with Crippen LogP contribution in [-0.4, -0.2) is 16.5 Å². The number of nitrogens with zero attached hydrogens (tertiary/aromatic N) is 2. The molecular formula is C14H15ClFN3. The summed E-state index contributed by atoms with van der Waals surface area (Å²) in [6.45, 7) is 2.80. The molecule has 0 radical (unpaired) electrons. The number of aromatic nitrogens is 2. The van der Waals surface area contributed by atoms with E-state index in [2.05, 4.69) is 22.2 Å². The molecule has 0 amide bonds. The summed E-state index contributed by atoms with van der Waals surface area (Å²) >= 11 is 6.13. The Hall–Kier alpha value is -1.52. The van der Waals surface area contributed by atoms with E-state index in [1.165, 1.54) is 12.4 Å². The Labute approximate surface area is 116 Å². The van der Waals surface area contributed by atoms with Gasteiger partial charge in [-0.15, -0.1) is 0 Å². The van der Waals surface area contributed by atoms with Crippen LogP contribution in [0.5, 0.6) is 0 Å². The minimum absolute atomic E-state index is 0.329. The van der Waals surface area contributed by atoms with Gasteiger partial charge in [-0.2, -0.15) is 0 Å². The average molecular weight is 280 g/mol. The molecule has 1 aromatic carbocycles. The molecule has 1 heterocycles. The van der Waals surface area contributed by atoms with Gasteiger partial charge in [0.2, 0.25) is 0 Å². The highest BCUT2D eigenvalue weighted by Crippen LogP contribution is 2.30. The van der Waals surface area contributed by atoms with E-state index in [4.69, 9.17) is 11.6 Å². The van der Waals surface area contributed by atoms with E-state index >= 15 is 0 Å². The highest BCUT2D eigenvalue weighted by molar-refractivity contribution is 6.31. The lowest BCUT2D eigenvalue weighted by atomic mass is 10.0. The van der Waals surface area contributed by atoms with Gasteiger partial charge < -0.3 is 5.32 Å². The lowest BCUT2D eigenvalue weighted by Crippen LogP contribution is -2.24. The van der Waals surface area contributed by atoms with Gasteiger partial charge in [-0.1, -0.05) is 24.6 Å². The molecule has 0 aliphatic carbocycles. The number of hydrogen-bond acceptors (Lipinski definition) is 3. The molecule has 0 fully saturated rings. The van der Waals surface area contributed by atoms with E-state index in [-0.39, 0.29) is 11.9 Å². The van der Waals surface area contributed by atoms with Gasteiger partial charge in [-0.05, 0) is 25.1 Å². The van der Waals surface area contributed by atoms with Crippen molar-refractivity contribution in [2.24, 2.45) is 0 Å². The zero-order valence-corrected chi connectivity index (χ0v) is 11.4. The number of benzene rings is 1. The molecule has 0 saturated heterocycles. The highest BCUT2D eigenvalue weighted by atomic mass is 35.5. The first kappa shape index (κ1) is 13.9. The van der Waals surface area contributed by atoms with E-state index in [0.717, 1.165) is 18.5 Å². The Morgan fingerprint density at radius 3 is 2.68 bits per heavy atom. The number of halogens is 2. The second kappa shape index (κ2) is 6.59. The molecule has 100 valence electrons. The van der Waals surface area contributed by atoms with Gasteiger partial charge in [-0.3, -0.25) is 0 Å². The van der Waals surface area contributed by atoms with Crippen molar-refractivity contribution in [1.29, 1.82) is 0 Å². The van der Waals surface area contributed by atoms with Gasteiger partial charge in [0.05, 0.1) is 6.04 Å². The smallest absolute Gasteiger partial charge is 0.129 e. The molecule has 0 bridgehead atoms. The quantitative estimate of drug-likeness (QED) is 0.912. The fraction of sp³-hybridized carbons (Fsp3) is 0.286. The fourth-order valence-electron chi connectivity index (χ4n) is 1.92. The molecule has 19 heavy (non-hydrogen) atoms. The van der Waals surface area contributed by atoms with E-state index < -0.39 is 0 Å². The van der Waals surface area contributed by atoms with Crippen LogP contribution >= 0.6 is 11.6 Å². The van der Waals surface area contributed by atoms with E-state index in [0.29, 0.717) is 10.6 Å². The van der Waals surface area contributed by atoms with Gasteiger partial charge in [0, 0.05) is 28.5 Å². The molecule has 1 unspecified atom stereocenters. The Balaban J connectivity index is 2.43. The predicted molar refractivity (Wildman–Crippen MR) is 73.6 cm³/mol. The Kier molecular flexibility index (Phi) is 4.82. The van der Waals surface area contributed by atoms with Gasteiger partial charge in [-0.25, -0.2) is 14.4 Å². The average Bonchev–Trinajstić information content (AvgIpc) is 2.43. The van der Waals surface area contributed by atoms with E-state index in [1.807, 2.05) is 0 Å². The summed E-state index contributed by atoms with van der Waals surface area (Å²) in [4.78, 5) is 7.96. The number of rotatable bonds is 5. The van der Waals surface area contributed by atoms with Crippen LogP contribution in [0.25, 0.3) is 0 Å². The molecular weight excluding hydrogens is 265 g/mol. The molecule has 2 rings (SSSR count). The first-order chi connectivity index (χ1) is 9.24. The molecule has 3 nitrogen and oxygen atoms in total. The maximum atomic E-state index is 14.0. The summed E-state index contributed by atoms with van der Waals surface area (Å²) in [5.41, 5.74) is 1.23. The molecule has 1 atom stereocenters. The summed E-state index contributed by atoms with van der Waals surface area (Å²) in [5, 5.41) is 3.68. The van der Waals surface area contributed by atoms with Crippen LogP contribution in [0.4, 0.5) is 4.39 Å². The summed E-state index contributed by atoms with van der Waals surface area (Å²) in [5.74, 6) is -0.329. The van der Waals surface area contributed by atoms with Crippen molar-refractivity contribution in [3.8, 4) is 0 Å². The van der Waals surface area contributed by atoms with Crippen LogP contribution < -0.4 is 5.32 Å². The molecule has 2 aromatic rings. The highest BCUT2D eigenvalue weighted by Gasteiger charge is 2.20. The van der Waals surface area contributed by atoms with Crippen molar-refractivity contribution in [3.63, 3.8) is 0 Å². The normalized spacial score (nSPS) is 12.4. The second-order valence-corrected chi connectivity index (χ2v) is 4.60. The van der Waals surface area contributed by atoms with Crippen LogP contribution in [0.1, 0.15) is 30.5 Å². The van der Waals surface area contributed by atoms with Crippen molar-refractivity contribution < 1.29 is 4.39 Å². The lowest BCUT2D eigenvalue weighted by Gasteiger charge is -2.20. The van der Waals surface area contributed by atoms with E-state index in [1.54, 1.807) is 24.5 Å². The maximum Gasteiger partial charge on any atom is 0.129 e. The largest absolute Gasteiger partial charge is 0.306 e. The minimum Gasteiger partial charge on any atom is -0.306 e. The standard InChI is InChI=1S/C14H15ClFN3/c1-2-6-19-14(10-7-17-9-18-8-10)13-11(15)4-3-5-12(13)16/h3-5,7-9,14,19H,2,6H2,1H3. The van der Waals surface area contributed by atoms with Crippen molar-refractivity contribution >= 4 is 11.6 Å². The predicted octanol–water partition coefficient (Wildman–Crippen LogP) is 3.36. The second-order valence-electron chi connectivity index (χ2n) is 4.19. The van der Waals surface area contributed by atoms with Crippen LogP contribution in [0.2, 0.25) is 5.02 Å². The molecule has 1 N–H and O–H groups in total. The zero-order chi connectivity index (χ0) is 13.7. The van der Waals surface area contributed by atoms with Gasteiger partial charge in [0.25, 0.3) is 0 Å². The van der Waals surface area contributed by atoms with Crippen molar-refractivity contribution in [2.75, 3.05) is 6.54 Å². The Morgan fingerprint density at radius 2 is 2.05 bits per heavy atom. The lowest BCUT2D eigenvalue weighted by molar-refractivity contribution is 0.545. The summed E-state index contributed by atoms with van der Waals surface area (Å²) in [6, 6.07) is 4.35. The molecule has 5 heteroatoms. The van der Waals surface area contributed by atoms with Gasteiger partial charge >= 0.3 is 0 Å². The monoisotopic (exact) mass is 279 g/mol. The van der Waals surface area contributed by atoms with Crippen molar-refractivity contribution in [2.45, 2.75) is 19.4 Å². The SMILES string of the molecule is CCCNC(c1cncnc1)c1c(F)cccc1Cl. The Morgan fingerprint density at radius 1 is 1.32 bits per heavy atom. The van der Waals surface area contributed by atoms with Crippen LogP contribution in [0, 0.1) is 5.82 Å². The third kappa shape index (κ3) is 3.28. The summed E-state index contributed by atoms with van der Waals surface area (Å²) in [6.07, 6.45) is 5.73. The minimum atomic E-state index is -0.338. The van der Waals surface area contributed by atoms with Crippen LogP contribution in [-0.2, 0) is 0 Å². The summed E-state index contributed by atoms with van der Waals surface area (Å²) in [7, 11) is 0. The van der Waals surface area contributed by atoms with Crippen LogP contribution in [0.3, 0.4) is 0 Å². The first-order valence-electron chi connectivity index (χ1n) is 6.16. The van der Waals surface area contributed by atoms with E-state index in [9.17, 15) is 4.39 Å².